The number of nitrogens with one attached hydrogen (secondary N) is 1. The first kappa shape index (κ1) is 14.0. The number of carbonyl (C=O) groups is 2. The summed E-state index contributed by atoms with van der Waals surface area (Å²) in [4.78, 5) is 31.3. The van der Waals surface area contributed by atoms with E-state index in [4.69, 9.17) is 0 Å². The monoisotopic (exact) mass is 291 g/mol. The quantitative estimate of drug-likeness (QED) is 0.864. The van der Waals surface area contributed by atoms with Gasteiger partial charge < -0.3 is 10.2 Å². The van der Waals surface area contributed by atoms with Gasteiger partial charge in [-0.05, 0) is 39.5 Å². The SMILES string of the molecule is Cn1ncnc1CN1C(=O)C(C)(C)NC(=O)C1(C)C1CC1. The Kier molecular flexibility index (Phi) is 2.86. The molecule has 1 unspecified atom stereocenters. The molecule has 1 aliphatic heterocycles. The second kappa shape index (κ2) is 4.29. The number of aryl methyl sites for hydroxylation is 1. The lowest BCUT2D eigenvalue weighted by atomic mass is 9.84. The van der Waals surface area contributed by atoms with E-state index in [2.05, 4.69) is 15.4 Å². The molecular formula is C14H21N5O2. The molecule has 0 spiro atoms. The van der Waals surface area contributed by atoms with Crippen LogP contribution in [-0.2, 0) is 23.2 Å². The highest BCUT2D eigenvalue weighted by Crippen LogP contribution is 2.46. The summed E-state index contributed by atoms with van der Waals surface area (Å²) >= 11 is 0. The van der Waals surface area contributed by atoms with E-state index >= 15 is 0 Å². The van der Waals surface area contributed by atoms with Crippen molar-refractivity contribution in [1.82, 2.24) is 25.0 Å². The number of aromatic nitrogens is 3. The van der Waals surface area contributed by atoms with Crippen LogP contribution in [0.3, 0.4) is 0 Å². The van der Waals surface area contributed by atoms with Gasteiger partial charge in [0.2, 0.25) is 11.8 Å². The summed E-state index contributed by atoms with van der Waals surface area (Å²) in [5, 5.41) is 6.91. The largest absolute Gasteiger partial charge is 0.340 e. The molecule has 1 saturated carbocycles. The maximum Gasteiger partial charge on any atom is 0.249 e. The normalized spacial score (nSPS) is 28.7. The molecule has 2 aliphatic rings. The molecule has 2 amide bonds. The fraction of sp³-hybridized carbons (Fsp3) is 0.714. The van der Waals surface area contributed by atoms with Crippen LogP contribution < -0.4 is 5.32 Å². The van der Waals surface area contributed by atoms with E-state index < -0.39 is 11.1 Å². The highest BCUT2D eigenvalue weighted by Gasteiger charge is 2.59. The zero-order valence-corrected chi connectivity index (χ0v) is 12.9. The fourth-order valence-electron chi connectivity index (χ4n) is 3.03. The van der Waals surface area contributed by atoms with Crippen LogP contribution in [0.2, 0.25) is 0 Å². The first-order valence-corrected chi connectivity index (χ1v) is 7.24. The van der Waals surface area contributed by atoms with Crippen LogP contribution in [0.4, 0.5) is 0 Å². The van der Waals surface area contributed by atoms with Crippen LogP contribution in [0.25, 0.3) is 0 Å². The molecular weight excluding hydrogens is 270 g/mol. The molecule has 21 heavy (non-hydrogen) atoms. The maximum atomic E-state index is 12.8. The Morgan fingerprint density at radius 2 is 2.00 bits per heavy atom. The third-order valence-electron chi connectivity index (χ3n) is 4.70. The predicted molar refractivity (Wildman–Crippen MR) is 74.9 cm³/mol. The van der Waals surface area contributed by atoms with Crippen LogP contribution in [0.15, 0.2) is 6.33 Å². The van der Waals surface area contributed by atoms with Crippen LogP contribution in [0.5, 0.6) is 0 Å². The van der Waals surface area contributed by atoms with Gasteiger partial charge in [-0.25, -0.2) is 4.98 Å². The molecule has 0 bridgehead atoms. The minimum Gasteiger partial charge on any atom is -0.340 e. The number of hydrogen-bond donors (Lipinski definition) is 1. The van der Waals surface area contributed by atoms with E-state index in [1.165, 1.54) is 6.33 Å². The number of piperazine rings is 1. The van der Waals surface area contributed by atoms with Gasteiger partial charge in [0.25, 0.3) is 0 Å². The predicted octanol–water partition coefficient (Wildman–Crippen LogP) is 0.221. The van der Waals surface area contributed by atoms with Crippen molar-refractivity contribution in [3.63, 3.8) is 0 Å². The van der Waals surface area contributed by atoms with Gasteiger partial charge in [-0.2, -0.15) is 5.10 Å². The summed E-state index contributed by atoms with van der Waals surface area (Å²) in [6, 6.07) is 0. The van der Waals surface area contributed by atoms with Gasteiger partial charge in [0.15, 0.2) is 0 Å². The minimum absolute atomic E-state index is 0.0699. The maximum absolute atomic E-state index is 12.8. The van der Waals surface area contributed by atoms with E-state index in [1.807, 2.05) is 6.92 Å². The molecule has 1 N–H and O–H groups in total. The van der Waals surface area contributed by atoms with E-state index in [1.54, 1.807) is 30.5 Å². The summed E-state index contributed by atoms with van der Waals surface area (Å²) in [5.74, 6) is 0.766. The lowest BCUT2D eigenvalue weighted by Crippen LogP contribution is -2.73. The van der Waals surface area contributed by atoms with E-state index in [0.29, 0.717) is 12.4 Å². The van der Waals surface area contributed by atoms with Crippen molar-refractivity contribution in [2.24, 2.45) is 13.0 Å². The summed E-state index contributed by atoms with van der Waals surface area (Å²) in [7, 11) is 1.79. The number of rotatable bonds is 3. The first-order valence-electron chi connectivity index (χ1n) is 7.24. The topological polar surface area (TPSA) is 80.1 Å². The standard InChI is InChI=1S/C14H21N5O2/c1-13(2)12(21)19(7-10-15-8-16-18(10)4)14(3,9-5-6-9)11(20)17-13/h8-9H,5-7H2,1-4H3,(H,17,20). The van der Waals surface area contributed by atoms with E-state index in [-0.39, 0.29) is 17.7 Å². The number of nitrogens with zero attached hydrogens (tertiary/aromatic N) is 4. The molecule has 114 valence electrons. The van der Waals surface area contributed by atoms with Crippen molar-refractivity contribution >= 4 is 11.8 Å². The number of hydrogen-bond acceptors (Lipinski definition) is 4. The highest BCUT2D eigenvalue weighted by atomic mass is 16.2. The van der Waals surface area contributed by atoms with Crippen LogP contribution in [0, 0.1) is 5.92 Å². The Balaban J connectivity index is 2.00. The highest BCUT2D eigenvalue weighted by molar-refractivity contribution is 6.02. The Labute approximate surface area is 123 Å². The third-order valence-corrected chi connectivity index (χ3v) is 4.70. The lowest BCUT2D eigenvalue weighted by Gasteiger charge is -2.49. The fourth-order valence-corrected chi connectivity index (χ4v) is 3.03. The zero-order chi connectivity index (χ0) is 15.4. The first-order chi connectivity index (χ1) is 9.76. The van der Waals surface area contributed by atoms with Gasteiger partial charge in [0, 0.05) is 7.05 Å². The van der Waals surface area contributed by atoms with Crippen LogP contribution in [0.1, 0.15) is 39.4 Å². The Bertz CT molecular complexity index is 604. The zero-order valence-electron chi connectivity index (χ0n) is 12.9. The van der Waals surface area contributed by atoms with Gasteiger partial charge in [-0.1, -0.05) is 0 Å². The molecule has 7 nitrogen and oxygen atoms in total. The van der Waals surface area contributed by atoms with Gasteiger partial charge in [-0.3, -0.25) is 14.3 Å². The molecule has 1 atom stereocenters. The van der Waals surface area contributed by atoms with Gasteiger partial charge in [-0.15, -0.1) is 0 Å². The average molecular weight is 291 g/mol. The second-order valence-corrected chi connectivity index (χ2v) is 6.69. The number of amides is 2. The molecule has 2 fully saturated rings. The molecule has 0 radical (unpaired) electrons. The van der Waals surface area contributed by atoms with Crippen LogP contribution >= 0.6 is 0 Å². The van der Waals surface area contributed by atoms with Gasteiger partial charge in [0.05, 0.1) is 6.54 Å². The average Bonchev–Trinajstić information content (AvgIpc) is 3.17. The minimum atomic E-state index is -0.885. The Morgan fingerprint density at radius 1 is 1.33 bits per heavy atom. The third kappa shape index (κ3) is 2.02. The van der Waals surface area contributed by atoms with Crippen LogP contribution in [-0.4, -0.2) is 42.6 Å². The summed E-state index contributed by atoms with van der Waals surface area (Å²) in [6.07, 6.45) is 3.42. The molecule has 1 aliphatic carbocycles. The van der Waals surface area contributed by atoms with Crippen molar-refractivity contribution in [2.45, 2.75) is 51.2 Å². The van der Waals surface area contributed by atoms with Crippen molar-refractivity contribution in [3.8, 4) is 0 Å². The van der Waals surface area contributed by atoms with E-state index in [9.17, 15) is 9.59 Å². The van der Waals surface area contributed by atoms with Gasteiger partial charge >= 0.3 is 0 Å². The summed E-state index contributed by atoms with van der Waals surface area (Å²) in [6.45, 7) is 5.65. The van der Waals surface area contributed by atoms with Gasteiger partial charge in [0.1, 0.15) is 23.2 Å². The molecule has 2 heterocycles. The Morgan fingerprint density at radius 3 is 2.52 bits per heavy atom. The van der Waals surface area contributed by atoms with E-state index in [0.717, 1.165) is 12.8 Å². The molecule has 3 rings (SSSR count). The molecule has 1 saturated heterocycles. The Hall–Kier alpha value is -1.92. The lowest BCUT2D eigenvalue weighted by molar-refractivity contribution is -0.163. The molecule has 1 aromatic heterocycles. The van der Waals surface area contributed by atoms with Crippen molar-refractivity contribution in [2.75, 3.05) is 0 Å². The smallest absolute Gasteiger partial charge is 0.249 e. The second-order valence-electron chi connectivity index (χ2n) is 6.69. The van der Waals surface area contributed by atoms with Crippen molar-refractivity contribution in [1.29, 1.82) is 0 Å². The summed E-state index contributed by atoms with van der Waals surface area (Å²) in [5.41, 5.74) is -1.68. The van der Waals surface area contributed by atoms with Crippen molar-refractivity contribution in [3.05, 3.63) is 12.2 Å². The number of carbonyl (C=O) groups excluding carboxylic acids is 2. The molecule has 1 aromatic rings. The van der Waals surface area contributed by atoms with Crippen molar-refractivity contribution < 1.29 is 9.59 Å². The summed E-state index contributed by atoms with van der Waals surface area (Å²) < 4.78 is 1.64. The molecule has 7 heteroatoms. The molecule has 0 aromatic carbocycles.